The van der Waals surface area contributed by atoms with Gasteiger partial charge in [0.25, 0.3) is 0 Å². The number of hydroxylamine groups is 4. The molecule has 0 spiro atoms. The smallest absolute Gasteiger partial charge is 0.349 e. The molecule has 0 aromatic rings. The van der Waals surface area contributed by atoms with E-state index in [1.54, 1.807) is 6.08 Å². The van der Waals surface area contributed by atoms with E-state index in [1.165, 1.54) is 12.5 Å². The molecule has 2 saturated heterocycles. The van der Waals surface area contributed by atoms with Crippen molar-refractivity contribution < 1.29 is 14.5 Å². The Kier molecular flexibility index (Phi) is 6.50. The first-order valence-electron chi connectivity index (χ1n) is 10.4. The SMILES string of the molecule is CC1(C)CCCC(C)(C)N1OC/C=C\C(=O)ON1C(C)(C)CCCC1(C)C. The van der Waals surface area contributed by atoms with Gasteiger partial charge in [-0.25, -0.2) is 4.79 Å². The third-order valence-corrected chi connectivity index (χ3v) is 6.09. The molecule has 156 valence electrons. The number of piperidine rings is 2. The monoisotopic (exact) mass is 380 g/mol. The summed E-state index contributed by atoms with van der Waals surface area (Å²) < 4.78 is 0. The first-order valence-corrected chi connectivity index (χ1v) is 10.4. The molecule has 5 heteroatoms. The number of carbonyl (C=O) groups excluding carboxylic acids is 1. The van der Waals surface area contributed by atoms with Gasteiger partial charge in [-0.15, -0.1) is 5.06 Å². The molecule has 27 heavy (non-hydrogen) atoms. The van der Waals surface area contributed by atoms with E-state index in [-0.39, 0.29) is 28.1 Å². The fourth-order valence-corrected chi connectivity index (χ4v) is 4.93. The largest absolute Gasteiger partial charge is 0.363 e. The predicted octanol–water partition coefficient (Wildman–Crippen LogP) is 5.02. The molecule has 2 rings (SSSR count). The molecule has 2 aliphatic heterocycles. The van der Waals surface area contributed by atoms with E-state index in [2.05, 4.69) is 60.5 Å². The fraction of sp³-hybridized carbons (Fsp3) is 0.864. The van der Waals surface area contributed by atoms with Crippen LogP contribution in [-0.2, 0) is 14.5 Å². The second kappa shape index (κ2) is 7.84. The molecule has 0 atom stereocenters. The number of nitrogens with zero attached hydrogens (tertiary/aromatic N) is 2. The molecule has 0 radical (unpaired) electrons. The molecule has 0 unspecified atom stereocenters. The normalized spacial score (nSPS) is 27.6. The summed E-state index contributed by atoms with van der Waals surface area (Å²) in [6, 6.07) is 0. The first-order chi connectivity index (χ1) is 12.3. The van der Waals surface area contributed by atoms with Crippen LogP contribution in [0.3, 0.4) is 0 Å². The van der Waals surface area contributed by atoms with E-state index in [9.17, 15) is 4.79 Å². The quantitative estimate of drug-likeness (QED) is 0.627. The van der Waals surface area contributed by atoms with Crippen LogP contribution in [0.25, 0.3) is 0 Å². The van der Waals surface area contributed by atoms with Crippen LogP contribution in [0, 0.1) is 0 Å². The second-order valence-electron chi connectivity index (χ2n) is 10.7. The van der Waals surface area contributed by atoms with Crippen LogP contribution in [0.4, 0.5) is 0 Å². The van der Waals surface area contributed by atoms with Crippen LogP contribution in [0.2, 0.25) is 0 Å². The van der Waals surface area contributed by atoms with Crippen molar-refractivity contribution in [1.82, 2.24) is 10.1 Å². The number of hydrogen-bond acceptors (Lipinski definition) is 5. The molecule has 0 bridgehead atoms. The molecule has 5 nitrogen and oxygen atoms in total. The lowest BCUT2D eigenvalue weighted by molar-refractivity contribution is -0.274. The minimum absolute atomic E-state index is 0.00204. The Balaban J connectivity index is 1.91. The Morgan fingerprint density at radius 2 is 1.19 bits per heavy atom. The van der Waals surface area contributed by atoms with Crippen LogP contribution in [0.1, 0.15) is 93.9 Å². The molecule has 0 aromatic carbocycles. The summed E-state index contributed by atoms with van der Waals surface area (Å²) in [5, 5.41) is 3.99. The highest BCUT2D eigenvalue weighted by Gasteiger charge is 2.44. The van der Waals surface area contributed by atoms with E-state index in [0.717, 1.165) is 32.1 Å². The van der Waals surface area contributed by atoms with E-state index >= 15 is 0 Å². The van der Waals surface area contributed by atoms with Gasteiger partial charge in [-0.2, -0.15) is 5.06 Å². The molecular weight excluding hydrogens is 340 g/mol. The Bertz CT molecular complexity index is 532. The van der Waals surface area contributed by atoms with Crippen molar-refractivity contribution in [3.63, 3.8) is 0 Å². The molecule has 0 aromatic heterocycles. The average molecular weight is 381 g/mol. The zero-order valence-corrected chi connectivity index (χ0v) is 18.7. The summed E-state index contributed by atoms with van der Waals surface area (Å²) in [5.74, 6) is -0.334. The van der Waals surface area contributed by atoms with Crippen molar-refractivity contribution in [2.24, 2.45) is 0 Å². The summed E-state index contributed by atoms with van der Waals surface area (Å²) in [7, 11) is 0. The van der Waals surface area contributed by atoms with Crippen LogP contribution >= 0.6 is 0 Å². The lowest BCUT2D eigenvalue weighted by atomic mass is 9.82. The minimum atomic E-state index is -0.334. The molecule has 0 N–H and O–H groups in total. The highest BCUT2D eigenvalue weighted by Crippen LogP contribution is 2.39. The zero-order chi connectivity index (χ0) is 20.5. The topological polar surface area (TPSA) is 42.0 Å². The van der Waals surface area contributed by atoms with E-state index in [4.69, 9.17) is 9.68 Å². The minimum Gasteiger partial charge on any atom is -0.363 e. The van der Waals surface area contributed by atoms with Crippen molar-refractivity contribution in [2.45, 2.75) is 116 Å². The number of hydrogen-bond donors (Lipinski definition) is 0. The fourth-order valence-electron chi connectivity index (χ4n) is 4.93. The van der Waals surface area contributed by atoms with Crippen molar-refractivity contribution in [3.05, 3.63) is 12.2 Å². The van der Waals surface area contributed by atoms with Crippen LogP contribution in [-0.4, -0.2) is 44.9 Å². The third kappa shape index (κ3) is 5.33. The van der Waals surface area contributed by atoms with Crippen LogP contribution < -0.4 is 0 Å². The van der Waals surface area contributed by atoms with Gasteiger partial charge in [0.05, 0.1) is 17.7 Å². The van der Waals surface area contributed by atoms with Gasteiger partial charge in [0.1, 0.15) is 0 Å². The molecule has 0 amide bonds. The molecule has 0 aliphatic carbocycles. The van der Waals surface area contributed by atoms with Crippen LogP contribution in [0.15, 0.2) is 12.2 Å². The molecule has 0 saturated carbocycles. The van der Waals surface area contributed by atoms with E-state index < -0.39 is 0 Å². The van der Waals surface area contributed by atoms with Gasteiger partial charge in [-0.1, -0.05) is 0 Å². The zero-order valence-electron chi connectivity index (χ0n) is 18.7. The third-order valence-electron chi connectivity index (χ3n) is 6.09. The van der Waals surface area contributed by atoms with Crippen molar-refractivity contribution in [1.29, 1.82) is 0 Å². The van der Waals surface area contributed by atoms with E-state index in [1.807, 2.05) is 5.06 Å². The maximum Gasteiger partial charge on any atom is 0.349 e. The van der Waals surface area contributed by atoms with Crippen molar-refractivity contribution >= 4 is 5.97 Å². The van der Waals surface area contributed by atoms with Gasteiger partial charge in [0, 0.05) is 17.2 Å². The number of carbonyl (C=O) groups is 1. The predicted molar refractivity (Wildman–Crippen MR) is 109 cm³/mol. The van der Waals surface area contributed by atoms with Gasteiger partial charge in [-0.05, 0) is 100.0 Å². The summed E-state index contributed by atoms with van der Waals surface area (Å²) in [6.07, 6.45) is 9.88. The van der Waals surface area contributed by atoms with Gasteiger partial charge in [0.2, 0.25) is 0 Å². The Morgan fingerprint density at radius 3 is 1.63 bits per heavy atom. The maximum absolute atomic E-state index is 12.4. The van der Waals surface area contributed by atoms with Gasteiger partial charge < -0.3 is 4.84 Å². The van der Waals surface area contributed by atoms with E-state index in [0.29, 0.717) is 6.61 Å². The Morgan fingerprint density at radius 1 is 0.778 bits per heavy atom. The lowest BCUT2D eigenvalue weighted by Gasteiger charge is -2.51. The molecule has 2 aliphatic rings. The van der Waals surface area contributed by atoms with Gasteiger partial charge in [0.15, 0.2) is 0 Å². The second-order valence-corrected chi connectivity index (χ2v) is 10.7. The maximum atomic E-state index is 12.4. The summed E-state index contributed by atoms with van der Waals surface area (Å²) >= 11 is 0. The standard InChI is InChI=1S/C22H40N2O3/c1-19(2)13-10-14-20(3,4)23(19)26-17-9-12-18(25)27-24-21(5,6)15-11-16-22(24,7)8/h9,12H,10-11,13-17H2,1-8H3/b12-9-. The Hall–Kier alpha value is -0.910. The van der Waals surface area contributed by atoms with Crippen LogP contribution in [0.5, 0.6) is 0 Å². The van der Waals surface area contributed by atoms with Gasteiger partial charge in [-0.3, -0.25) is 4.84 Å². The first kappa shape index (κ1) is 22.4. The summed E-state index contributed by atoms with van der Waals surface area (Å²) in [4.78, 5) is 24.2. The summed E-state index contributed by atoms with van der Waals surface area (Å²) in [5.41, 5.74) is -0.302. The highest BCUT2D eigenvalue weighted by atomic mass is 16.7. The van der Waals surface area contributed by atoms with Gasteiger partial charge >= 0.3 is 5.97 Å². The molecule has 2 fully saturated rings. The number of rotatable bonds is 5. The Labute approximate surface area is 166 Å². The molecular formula is C22H40N2O3. The highest BCUT2D eigenvalue weighted by molar-refractivity contribution is 5.81. The average Bonchev–Trinajstić information content (AvgIpc) is 2.48. The molecule has 2 heterocycles. The van der Waals surface area contributed by atoms with Crippen molar-refractivity contribution in [3.8, 4) is 0 Å². The summed E-state index contributed by atoms with van der Waals surface area (Å²) in [6.45, 7) is 17.8. The van der Waals surface area contributed by atoms with Crippen molar-refractivity contribution in [2.75, 3.05) is 6.61 Å². The lowest BCUT2D eigenvalue weighted by Crippen LogP contribution is -2.58.